The third kappa shape index (κ3) is 2.74. The molecule has 4 saturated carbocycles. The standard InChI is InChI=1S/C22H28N2O3/c25-20-6-17-18(24-20)1-2-19-21(17)27-16(11-26-19)10-23-12-22-7-13-3-14(8-22)5-15(4-13)9-22/h1-2,13-16,23H,3-12H2,(H,24,25). The number of nitrogens with one attached hydrogen (secondary N) is 2. The van der Waals surface area contributed by atoms with Gasteiger partial charge in [-0.3, -0.25) is 4.79 Å². The lowest BCUT2D eigenvalue weighted by molar-refractivity contribution is -0.115. The van der Waals surface area contributed by atoms with E-state index in [0.717, 1.165) is 53.6 Å². The van der Waals surface area contributed by atoms with Gasteiger partial charge < -0.3 is 20.1 Å². The van der Waals surface area contributed by atoms with Crippen molar-refractivity contribution in [1.82, 2.24) is 5.32 Å². The molecule has 0 spiro atoms. The third-order valence-corrected chi connectivity index (χ3v) is 7.58. The average molecular weight is 368 g/mol. The number of hydrogen-bond donors (Lipinski definition) is 2. The maximum absolute atomic E-state index is 11.7. The number of fused-ring (bicyclic) bond motifs is 3. The van der Waals surface area contributed by atoms with Crippen molar-refractivity contribution in [2.45, 2.75) is 51.0 Å². The van der Waals surface area contributed by atoms with Gasteiger partial charge in [0.05, 0.1) is 6.42 Å². The molecule has 4 bridgehead atoms. The first-order chi connectivity index (χ1) is 13.2. The number of amides is 1. The van der Waals surface area contributed by atoms with Gasteiger partial charge in [-0.2, -0.15) is 0 Å². The monoisotopic (exact) mass is 368 g/mol. The Kier molecular flexibility index (Phi) is 3.53. The number of benzene rings is 1. The van der Waals surface area contributed by atoms with Crippen molar-refractivity contribution in [3.63, 3.8) is 0 Å². The van der Waals surface area contributed by atoms with E-state index in [1.807, 2.05) is 12.1 Å². The highest BCUT2D eigenvalue weighted by Gasteiger charge is 2.50. The first-order valence-corrected chi connectivity index (χ1v) is 10.6. The highest BCUT2D eigenvalue weighted by Crippen LogP contribution is 2.59. The van der Waals surface area contributed by atoms with Crippen LogP contribution in [0.2, 0.25) is 0 Å². The summed E-state index contributed by atoms with van der Waals surface area (Å²) in [5, 5.41) is 6.62. The summed E-state index contributed by atoms with van der Waals surface area (Å²) in [5.41, 5.74) is 2.35. The van der Waals surface area contributed by atoms with E-state index >= 15 is 0 Å². The van der Waals surface area contributed by atoms with Crippen molar-refractivity contribution >= 4 is 11.6 Å². The number of carbonyl (C=O) groups excluding carboxylic acids is 1. The predicted molar refractivity (Wildman–Crippen MR) is 102 cm³/mol. The lowest BCUT2D eigenvalue weighted by Crippen LogP contribution is -2.51. The van der Waals surface area contributed by atoms with Gasteiger partial charge in [0.2, 0.25) is 5.91 Å². The first-order valence-electron chi connectivity index (χ1n) is 10.6. The Balaban J connectivity index is 1.10. The molecule has 6 aliphatic rings. The van der Waals surface area contributed by atoms with Crippen molar-refractivity contribution in [3.05, 3.63) is 17.7 Å². The topological polar surface area (TPSA) is 59.6 Å². The molecule has 0 saturated heterocycles. The molecule has 2 aliphatic heterocycles. The SMILES string of the molecule is O=C1Cc2c(ccc3c2OC(CNCC24CC5CC(CC(C5)C2)C4)CO3)N1. The minimum Gasteiger partial charge on any atom is -0.486 e. The Morgan fingerprint density at radius 1 is 1.11 bits per heavy atom. The molecule has 0 aromatic heterocycles. The maximum Gasteiger partial charge on any atom is 0.229 e. The molecular weight excluding hydrogens is 340 g/mol. The van der Waals surface area contributed by atoms with E-state index in [0.29, 0.717) is 18.4 Å². The molecule has 4 fully saturated rings. The number of ether oxygens (including phenoxy) is 2. The van der Waals surface area contributed by atoms with E-state index in [2.05, 4.69) is 10.6 Å². The van der Waals surface area contributed by atoms with E-state index in [9.17, 15) is 4.79 Å². The van der Waals surface area contributed by atoms with Gasteiger partial charge in [-0.15, -0.1) is 0 Å². The smallest absolute Gasteiger partial charge is 0.229 e. The Morgan fingerprint density at radius 3 is 2.59 bits per heavy atom. The molecule has 0 radical (unpaired) electrons. The fourth-order valence-corrected chi connectivity index (χ4v) is 6.99. The highest BCUT2D eigenvalue weighted by atomic mass is 16.6. The highest BCUT2D eigenvalue weighted by molar-refractivity contribution is 6.00. The van der Waals surface area contributed by atoms with Crippen LogP contribution in [0.4, 0.5) is 5.69 Å². The van der Waals surface area contributed by atoms with Crippen LogP contribution in [0.3, 0.4) is 0 Å². The van der Waals surface area contributed by atoms with Crippen LogP contribution in [-0.4, -0.2) is 31.7 Å². The second-order valence-electron chi connectivity index (χ2n) is 9.74. The van der Waals surface area contributed by atoms with Crippen molar-refractivity contribution < 1.29 is 14.3 Å². The Morgan fingerprint density at radius 2 is 1.85 bits per heavy atom. The molecule has 144 valence electrons. The van der Waals surface area contributed by atoms with Crippen LogP contribution in [0, 0.1) is 23.2 Å². The molecule has 5 heteroatoms. The van der Waals surface area contributed by atoms with Gasteiger partial charge >= 0.3 is 0 Å². The number of hydrogen-bond acceptors (Lipinski definition) is 4. The summed E-state index contributed by atoms with van der Waals surface area (Å²) in [4.78, 5) is 11.7. The van der Waals surface area contributed by atoms with Crippen LogP contribution in [-0.2, 0) is 11.2 Å². The van der Waals surface area contributed by atoms with Gasteiger partial charge in [-0.05, 0) is 73.8 Å². The van der Waals surface area contributed by atoms with E-state index in [4.69, 9.17) is 9.47 Å². The largest absolute Gasteiger partial charge is 0.486 e. The van der Waals surface area contributed by atoms with E-state index in [-0.39, 0.29) is 12.0 Å². The zero-order chi connectivity index (χ0) is 18.0. The van der Waals surface area contributed by atoms with Gasteiger partial charge in [-0.1, -0.05) is 0 Å². The van der Waals surface area contributed by atoms with Crippen molar-refractivity contribution in [2.24, 2.45) is 23.2 Å². The summed E-state index contributed by atoms with van der Waals surface area (Å²) in [6.45, 7) is 2.50. The zero-order valence-corrected chi connectivity index (χ0v) is 15.8. The summed E-state index contributed by atoms with van der Waals surface area (Å²) in [6, 6.07) is 3.81. The van der Waals surface area contributed by atoms with Crippen LogP contribution in [0.25, 0.3) is 0 Å². The van der Waals surface area contributed by atoms with E-state index < -0.39 is 0 Å². The zero-order valence-electron chi connectivity index (χ0n) is 15.8. The minimum absolute atomic E-state index is 0.00798. The van der Waals surface area contributed by atoms with Gasteiger partial charge in [-0.25, -0.2) is 0 Å². The molecule has 4 aliphatic carbocycles. The first kappa shape index (κ1) is 16.2. The van der Waals surface area contributed by atoms with Crippen molar-refractivity contribution in [1.29, 1.82) is 0 Å². The molecule has 1 aromatic carbocycles. The normalized spacial score (nSPS) is 38.0. The molecule has 1 unspecified atom stereocenters. The van der Waals surface area contributed by atoms with Crippen molar-refractivity contribution in [2.75, 3.05) is 25.0 Å². The number of anilines is 1. The molecule has 5 nitrogen and oxygen atoms in total. The summed E-state index contributed by atoms with van der Waals surface area (Å²) >= 11 is 0. The lowest BCUT2D eigenvalue weighted by Gasteiger charge is -2.57. The molecule has 7 rings (SSSR count). The molecule has 1 amide bonds. The average Bonchev–Trinajstić information content (AvgIpc) is 3.01. The summed E-state index contributed by atoms with van der Waals surface area (Å²) in [7, 11) is 0. The van der Waals surface area contributed by atoms with Crippen LogP contribution < -0.4 is 20.1 Å². The van der Waals surface area contributed by atoms with Gasteiger partial charge in [0.1, 0.15) is 12.7 Å². The number of rotatable bonds is 4. The van der Waals surface area contributed by atoms with E-state index in [1.165, 1.54) is 38.5 Å². The fourth-order valence-electron chi connectivity index (χ4n) is 6.99. The van der Waals surface area contributed by atoms with Gasteiger partial charge in [0, 0.05) is 24.3 Å². The van der Waals surface area contributed by atoms with E-state index in [1.54, 1.807) is 0 Å². The van der Waals surface area contributed by atoms with Gasteiger partial charge in [0.15, 0.2) is 11.5 Å². The second kappa shape index (κ2) is 5.87. The molecule has 2 N–H and O–H groups in total. The summed E-state index contributed by atoms with van der Waals surface area (Å²) < 4.78 is 12.2. The fraction of sp³-hybridized carbons (Fsp3) is 0.682. The van der Waals surface area contributed by atoms with Crippen molar-refractivity contribution in [3.8, 4) is 11.5 Å². The Bertz CT molecular complexity index is 755. The van der Waals surface area contributed by atoms with Crippen LogP contribution in [0.15, 0.2) is 12.1 Å². The lowest BCUT2D eigenvalue weighted by atomic mass is 9.49. The minimum atomic E-state index is 0.00798. The van der Waals surface area contributed by atoms with Crippen LogP contribution >= 0.6 is 0 Å². The summed E-state index contributed by atoms with van der Waals surface area (Å²) in [6.07, 6.45) is 9.16. The Labute approximate surface area is 160 Å². The Hall–Kier alpha value is -1.75. The quantitative estimate of drug-likeness (QED) is 0.857. The second-order valence-corrected chi connectivity index (χ2v) is 9.74. The molecule has 2 heterocycles. The van der Waals surface area contributed by atoms with Gasteiger partial charge in [0.25, 0.3) is 0 Å². The molecule has 1 aromatic rings. The molecule has 27 heavy (non-hydrogen) atoms. The summed E-state index contributed by atoms with van der Waals surface area (Å²) in [5.74, 6) is 4.54. The van der Waals surface area contributed by atoms with Crippen LogP contribution in [0.5, 0.6) is 11.5 Å². The third-order valence-electron chi connectivity index (χ3n) is 7.58. The number of carbonyl (C=O) groups is 1. The predicted octanol–water partition coefficient (Wildman–Crippen LogP) is 3.13. The maximum atomic E-state index is 11.7. The molecule has 1 atom stereocenters. The molecular formula is C22H28N2O3. The van der Waals surface area contributed by atoms with Crippen LogP contribution in [0.1, 0.15) is 44.1 Å².